The van der Waals surface area contributed by atoms with Gasteiger partial charge in [0.05, 0.1) is 37.2 Å². The smallest absolute Gasteiger partial charge is 0.306 e. The maximum atomic E-state index is 12.1. The first-order chi connectivity index (χ1) is 12.4. The van der Waals surface area contributed by atoms with Gasteiger partial charge in [0.2, 0.25) is 17.8 Å². The number of amides is 1. The molecule has 26 heavy (non-hydrogen) atoms. The molecule has 2 heterocycles. The Labute approximate surface area is 151 Å². The van der Waals surface area contributed by atoms with Gasteiger partial charge >= 0.3 is 5.97 Å². The molecule has 1 atom stereocenters. The van der Waals surface area contributed by atoms with Crippen molar-refractivity contribution in [3.05, 3.63) is 29.0 Å². The highest BCUT2D eigenvalue weighted by Gasteiger charge is 2.27. The van der Waals surface area contributed by atoms with Crippen molar-refractivity contribution in [3.63, 3.8) is 0 Å². The van der Waals surface area contributed by atoms with E-state index in [1.807, 2.05) is 19.9 Å². The van der Waals surface area contributed by atoms with Crippen LogP contribution in [0.4, 0.5) is 5.95 Å². The summed E-state index contributed by atoms with van der Waals surface area (Å²) in [5.74, 6) is -0.604. The zero-order valence-corrected chi connectivity index (χ0v) is 15.2. The lowest BCUT2D eigenvalue weighted by Crippen LogP contribution is -2.45. The number of carbonyl (C=O) groups excluding carboxylic acids is 2. The SMILES string of the molecule is COC(=O)C[C@@H]1CN=C(Nc2nc(C)c3cc(C)c(C)cc3n2)NC1=O. The van der Waals surface area contributed by atoms with Gasteiger partial charge in [-0.05, 0) is 44.0 Å². The monoisotopic (exact) mass is 355 g/mol. The highest BCUT2D eigenvalue weighted by Crippen LogP contribution is 2.21. The predicted molar refractivity (Wildman–Crippen MR) is 97.9 cm³/mol. The van der Waals surface area contributed by atoms with Crippen molar-refractivity contribution in [1.82, 2.24) is 15.3 Å². The Bertz CT molecular complexity index is 923. The van der Waals surface area contributed by atoms with Crippen LogP contribution in [0, 0.1) is 26.7 Å². The molecule has 136 valence electrons. The fourth-order valence-corrected chi connectivity index (χ4v) is 2.76. The van der Waals surface area contributed by atoms with Crippen LogP contribution in [0.3, 0.4) is 0 Å². The molecule has 8 heteroatoms. The molecule has 1 aromatic heterocycles. The van der Waals surface area contributed by atoms with Gasteiger partial charge in [0.1, 0.15) is 0 Å². The summed E-state index contributed by atoms with van der Waals surface area (Å²) >= 11 is 0. The first kappa shape index (κ1) is 17.8. The second-order valence-corrected chi connectivity index (χ2v) is 6.37. The number of aliphatic imine (C=N–C) groups is 1. The van der Waals surface area contributed by atoms with Crippen LogP contribution < -0.4 is 10.6 Å². The highest BCUT2D eigenvalue weighted by molar-refractivity contribution is 6.06. The Morgan fingerprint density at radius 1 is 1.27 bits per heavy atom. The summed E-state index contributed by atoms with van der Waals surface area (Å²) in [6.07, 6.45) is 0.00330. The molecular formula is C18H21N5O3. The van der Waals surface area contributed by atoms with Crippen LogP contribution in [0.2, 0.25) is 0 Å². The molecule has 1 aliphatic rings. The van der Waals surface area contributed by atoms with E-state index in [1.54, 1.807) is 0 Å². The highest BCUT2D eigenvalue weighted by atomic mass is 16.5. The summed E-state index contributed by atoms with van der Waals surface area (Å²) in [4.78, 5) is 36.7. The van der Waals surface area contributed by atoms with E-state index >= 15 is 0 Å². The van der Waals surface area contributed by atoms with Crippen molar-refractivity contribution in [2.45, 2.75) is 27.2 Å². The van der Waals surface area contributed by atoms with Gasteiger partial charge < -0.3 is 4.74 Å². The Morgan fingerprint density at radius 3 is 2.69 bits per heavy atom. The quantitative estimate of drug-likeness (QED) is 0.811. The van der Waals surface area contributed by atoms with Crippen LogP contribution in [0.15, 0.2) is 17.1 Å². The number of fused-ring (bicyclic) bond motifs is 1. The molecular weight excluding hydrogens is 334 g/mol. The van der Waals surface area contributed by atoms with Gasteiger partial charge in [-0.2, -0.15) is 0 Å². The van der Waals surface area contributed by atoms with E-state index in [2.05, 4.69) is 43.3 Å². The molecule has 0 aliphatic carbocycles. The number of benzene rings is 1. The van der Waals surface area contributed by atoms with Gasteiger partial charge in [-0.1, -0.05) is 0 Å². The zero-order chi connectivity index (χ0) is 18.8. The Hall–Kier alpha value is -3.03. The third-order valence-corrected chi connectivity index (χ3v) is 4.45. The number of aryl methyl sites for hydroxylation is 3. The normalized spacial score (nSPS) is 16.8. The van der Waals surface area contributed by atoms with Gasteiger partial charge in [0.15, 0.2) is 0 Å². The number of rotatable bonds is 3. The van der Waals surface area contributed by atoms with Crippen LogP contribution in [0.25, 0.3) is 10.9 Å². The Kier molecular flexibility index (Phi) is 4.83. The number of nitrogens with zero attached hydrogens (tertiary/aromatic N) is 3. The van der Waals surface area contributed by atoms with Crippen molar-refractivity contribution in [1.29, 1.82) is 0 Å². The number of hydrogen-bond acceptors (Lipinski definition) is 7. The predicted octanol–water partition coefficient (Wildman–Crippen LogP) is 1.63. The number of carbonyl (C=O) groups is 2. The first-order valence-corrected chi connectivity index (χ1v) is 8.32. The summed E-state index contributed by atoms with van der Waals surface area (Å²) in [6.45, 7) is 6.20. The molecule has 1 amide bonds. The minimum Gasteiger partial charge on any atom is -0.469 e. The third kappa shape index (κ3) is 3.63. The topological polar surface area (TPSA) is 106 Å². The van der Waals surface area contributed by atoms with Gasteiger partial charge in [0, 0.05) is 5.39 Å². The van der Waals surface area contributed by atoms with E-state index in [4.69, 9.17) is 0 Å². The number of methoxy groups -OCH3 is 1. The lowest BCUT2D eigenvalue weighted by atomic mass is 10.0. The van der Waals surface area contributed by atoms with Gasteiger partial charge in [-0.3, -0.25) is 25.2 Å². The first-order valence-electron chi connectivity index (χ1n) is 8.32. The van der Waals surface area contributed by atoms with Crippen LogP contribution in [0.5, 0.6) is 0 Å². The molecule has 0 saturated heterocycles. The molecule has 0 bridgehead atoms. The standard InChI is InChI=1S/C18H21N5O3/c1-9-5-13-11(3)20-18(21-14(13)6-10(9)2)23-17-19-8-12(16(25)22-17)7-15(24)26-4/h5-6,12H,7-8H2,1-4H3,(H2,19,20,21,22,23,25)/t12-/m1/s1. The summed E-state index contributed by atoms with van der Waals surface area (Å²) in [7, 11) is 1.29. The second-order valence-electron chi connectivity index (χ2n) is 6.37. The minimum absolute atomic E-state index is 0.00330. The average Bonchev–Trinajstić information content (AvgIpc) is 2.59. The molecule has 1 aromatic carbocycles. The summed E-state index contributed by atoms with van der Waals surface area (Å²) < 4.78 is 4.59. The van der Waals surface area contributed by atoms with E-state index < -0.39 is 11.9 Å². The number of nitrogens with one attached hydrogen (secondary N) is 2. The molecule has 0 radical (unpaired) electrons. The number of anilines is 1. The van der Waals surface area contributed by atoms with Crippen molar-refractivity contribution in [2.75, 3.05) is 19.0 Å². The number of guanidine groups is 1. The zero-order valence-electron chi connectivity index (χ0n) is 15.2. The van der Waals surface area contributed by atoms with Crippen LogP contribution in [0.1, 0.15) is 23.2 Å². The largest absolute Gasteiger partial charge is 0.469 e. The maximum absolute atomic E-state index is 12.1. The van der Waals surface area contributed by atoms with Gasteiger partial charge in [-0.15, -0.1) is 0 Å². The van der Waals surface area contributed by atoms with E-state index in [0.29, 0.717) is 5.95 Å². The third-order valence-electron chi connectivity index (χ3n) is 4.45. The fourth-order valence-electron chi connectivity index (χ4n) is 2.76. The number of ether oxygens (including phenoxy) is 1. The van der Waals surface area contributed by atoms with Crippen molar-refractivity contribution >= 4 is 34.7 Å². The van der Waals surface area contributed by atoms with E-state index in [-0.39, 0.29) is 24.8 Å². The minimum atomic E-state index is -0.530. The number of hydrogen-bond donors (Lipinski definition) is 2. The van der Waals surface area contributed by atoms with E-state index in [9.17, 15) is 9.59 Å². The number of esters is 1. The Morgan fingerprint density at radius 2 is 2.00 bits per heavy atom. The van der Waals surface area contributed by atoms with Crippen LogP contribution in [-0.2, 0) is 14.3 Å². The molecule has 2 N–H and O–H groups in total. The Balaban J connectivity index is 1.80. The maximum Gasteiger partial charge on any atom is 0.306 e. The lowest BCUT2D eigenvalue weighted by Gasteiger charge is -2.21. The molecule has 2 aromatic rings. The second kappa shape index (κ2) is 7.07. The lowest BCUT2D eigenvalue weighted by molar-refractivity contribution is -0.143. The van der Waals surface area contributed by atoms with Crippen molar-refractivity contribution < 1.29 is 14.3 Å². The van der Waals surface area contributed by atoms with Gasteiger partial charge in [-0.25, -0.2) is 9.97 Å². The number of aromatic nitrogens is 2. The van der Waals surface area contributed by atoms with Crippen molar-refractivity contribution in [2.24, 2.45) is 10.9 Å². The van der Waals surface area contributed by atoms with Crippen LogP contribution in [-0.4, -0.2) is 41.5 Å². The van der Waals surface area contributed by atoms with Gasteiger partial charge in [0.25, 0.3) is 0 Å². The van der Waals surface area contributed by atoms with Crippen molar-refractivity contribution in [3.8, 4) is 0 Å². The summed E-state index contributed by atoms with van der Waals surface area (Å²) in [5.41, 5.74) is 4.00. The van der Waals surface area contributed by atoms with E-state index in [1.165, 1.54) is 12.7 Å². The van der Waals surface area contributed by atoms with E-state index in [0.717, 1.165) is 22.2 Å². The summed E-state index contributed by atoms with van der Waals surface area (Å²) in [6, 6.07) is 4.08. The molecule has 0 saturated carbocycles. The molecule has 8 nitrogen and oxygen atoms in total. The molecule has 0 fully saturated rings. The summed E-state index contributed by atoms with van der Waals surface area (Å²) in [5, 5.41) is 6.58. The molecule has 0 unspecified atom stereocenters. The fraction of sp³-hybridized carbons (Fsp3) is 0.389. The average molecular weight is 355 g/mol. The molecule has 3 rings (SSSR count). The molecule has 1 aliphatic heterocycles. The van der Waals surface area contributed by atoms with Crippen LogP contribution >= 0.6 is 0 Å². The molecule has 0 spiro atoms.